The molecule has 0 aromatic heterocycles. The maximum atomic E-state index is 11.4. The standard InChI is InChI=1S/C11H22N2O3/c1-5-12-10(14)7-13(6-2)8-11(15)16-9(3)4/h9H,5-8H2,1-4H3,(H,12,14). The number of carbonyl (C=O) groups is 2. The number of carbonyl (C=O) groups excluding carboxylic acids is 2. The van der Waals surface area contributed by atoms with Crippen molar-refractivity contribution in [2.24, 2.45) is 0 Å². The fourth-order valence-corrected chi connectivity index (χ4v) is 1.22. The number of nitrogens with one attached hydrogen (secondary N) is 1. The van der Waals surface area contributed by atoms with Crippen LogP contribution in [-0.4, -0.2) is 49.1 Å². The molecule has 0 unspecified atom stereocenters. The molecular formula is C11H22N2O3. The Morgan fingerprint density at radius 3 is 2.31 bits per heavy atom. The lowest BCUT2D eigenvalue weighted by molar-refractivity contribution is -0.148. The Bertz CT molecular complexity index is 229. The van der Waals surface area contributed by atoms with Crippen molar-refractivity contribution in [3.8, 4) is 0 Å². The molecule has 5 heteroatoms. The van der Waals surface area contributed by atoms with Gasteiger partial charge in [0.1, 0.15) is 0 Å². The van der Waals surface area contributed by atoms with Crippen LogP contribution >= 0.6 is 0 Å². The summed E-state index contributed by atoms with van der Waals surface area (Å²) in [7, 11) is 0. The lowest BCUT2D eigenvalue weighted by Crippen LogP contribution is -2.40. The van der Waals surface area contributed by atoms with E-state index in [0.717, 1.165) is 0 Å². The van der Waals surface area contributed by atoms with Crippen LogP contribution in [0, 0.1) is 0 Å². The third-order valence-electron chi connectivity index (χ3n) is 1.91. The van der Waals surface area contributed by atoms with Gasteiger partial charge in [-0.1, -0.05) is 6.92 Å². The number of nitrogens with zero attached hydrogens (tertiary/aromatic N) is 1. The van der Waals surface area contributed by atoms with Gasteiger partial charge >= 0.3 is 5.97 Å². The lowest BCUT2D eigenvalue weighted by Gasteiger charge is -2.19. The zero-order chi connectivity index (χ0) is 12.6. The monoisotopic (exact) mass is 230 g/mol. The van der Waals surface area contributed by atoms with Gasteiger partial charge in [-0.3, -0.25) is 14.5 Å². The minimum Gasteiger partial charge on any atom is -0.462 e. The van der Waals surface area contributed by atoms with E-state index in [2.05, 4.69) is 5.32 Å². The first-order chi connectivity index (χ1) is 7.49. The number of rotatable bonds is 7. The molecule has 0 saturated carbocycles. The molecule has 0 aliphatic heterocycles. The van der Waals surface area contributed by atoms with Crippen molar-refractivity contribution >= 4 is 11.9 Å². The molecular weight excluding hydrogens is 208 g/mol. The first-order valence-corrected chi connectivity index (χ1v) is 5.68. The molecule has 0 bridgehead atoms. The molecule has 0 aromatic rings. The average Bonchev–Trinajstić information content (AvgIpc) is 2.15. The number of hydrogen-bond acceptors (Lipinski definition) is 4. The van der Waals surface area contributed by atoms with Gasteiger partial charge in [-0.15, -0.1) is 0 Å². The van der Waals surface area contributed by atoms with Crippen molar-refractivity contribution in [3.05, 3.63) is 0 Å². The highest BCUT2D eigenvalue weighted by atomic mass is 16.5. The Morgan fingerprint density at radius 2 is 1.88 bits per heavy atom. The Morgan fingerprint density at radius 1 is 1.25 bits per heavy atom. The Labute approximate surface area is 97.1 Å². The number of esters is 1. The van der Waals surface area contributed by atoms with Gasteiger partial charge in [0.2, 0.25) is 5.91 Å². The summed E-state index contributed by atoms with van der Waals surface area (Å²) < 4.78 is 5.01. The maximum absolute atomic E-state index is 11.4. The van der Waals surface area contributed by atoms with Crippen LogP contribution in [0.3, 0.4) is 0 Å². The summed E-state index contributed by atoms with van der Waals surface area (Å²) in [6, 6.07) is 0. The molecule has 94 valence electrons. The highest BCUT2D eigenvalue weighted by Gasteiger charge is 2.14. The fraction of sp³-hybridized carbons (Fsp3) is 0.818. The second-order valence-corrected chi connectivity index (χ2v) is 3.80. The normalized spacial score (nSPS) is 10.6. The number of hydrogen-bond donors (Lipinski definition) is 1. The van der Waals surface area contributed by atoms with Crippen LogP contribution in [0.1, 0.15) is 27.7 Å². The van der Waals surface area contributed by atoms with Crippen molar-refractivity contribution < 1.29 is 14.3 Å². The quantitative estimate of drug-likeness (QED) is 0.643. The molecule has 0 rings (SSSR count). The predicted molar refractivity (Wildman–Crippen MR) is 62.0 cm³/mol. The number of amides is 1. The molecule has 0 heterocycles. The van der Waals surface area contributed by atoms with E-state index in [1.807, 2.05) is 13.8 Å². The fourth-order valence-electron chi connectivity index (χ4n) is 1.22. The SMILES string of the molecule is CCNC(=O)CN(CC)CC(=O)OC(C)C. The van der Waals surface area contributed by atoms with E-state index in [9.17, 15) is 9.59 Å². The van der Waals surface area contributed by atoms with Crippen LogP contribution in [0.5, 0.6) is 0 Å². The number of likely N-dealkylation sites (N-methyl/N-ethyl adjacent to an activating group) is 2. The first kappa shape index (κ1) is 14.9. The zero-order valence-electron chi connectivity index (χ0n) is 10.6. The minimum absolute atomic E-state index is 0.0679. The zero-order valence-corrected chi connectivity index (χ0v) is 10.6. The smallest absolute Gasteiger partial charge is 0.320 e. The van der Waals surface area contributed by atoms with E-state index >= 15 is 0 Å². The largest absolute Gasteiger partial charge is 0.462 e. The van der Waals surface area contributed by atoms with Crippen LogP contribution in [0.15, 0.2) is 0 Å². The van der Waals surface area contributed by atoms with Crippen molar-refractivity contribution in [3.63, 3.8) is 0 Å². The van der Waals surface area contributed by atoms with Crippen molar-refractivity contribution in [2.45, 2.75) is 33.8 Å². The van der Waals surface area contributed by atoms with Crippen molar-refractivity contribution in [1.29, 1.82) is 0 Å². The second kappa shape index (κ2) is 8.10. The van der Waals surface area contributed by atoms with E-state index < -0.39 is 0 Å². The molecule has 0 spiro atoms. The summed E-state index contributed by atoms with van der Waals surface area (Å²) >= 11 is 0. The average molecular weight is 230 g/mol. The van der Waals surface area contributed by atoms with Crippen LogP contribution in [0.2, 0.25) is 0 Å². The molecule has 16 heavy (non-hydrogen) atoms. The van der Waals surface area contributed by atoms with Gasteiger partial charge in [-0.05, 0) is 27.3 Å². The summed E-state index contributed by atoms with van der Waals surface area (Å²) in [5.41, 5.74) is 0. The van der Waals surface area contributed by atoms with Gasteiger partial charge < -0.3 is 10.1 Å². The summed E-state index contributed by atoms with van der Waals surface area (Å²) in [5, 5.41) is 2.69. The Hall–Kier alpha value is -1.10. The summed E-state index contributed by atoms with van der Waals surface area (Å²) in [6.45, 7) is 9.01. The second-order valence-electron chi connectivity index (χ2n) is 3.80. The minimum atomic E-state index is -0.291. The molecule has 0 saturated heterocycles. The molecule has 0 aliphatic rings. The maximum Gasteiger partial charge on any atom is 0.320 e. The Kier molecular flexibility index (Phi) is 7.54. The molecule has 1 N–H and O–H groups in total. The van der Waals surface area contributed by atoms with Gasteiger partial charge in [-0.2, -0.15) is 0 Å². The van der Waals surface area contributed by atoms with Crippen LogP contribution in [0.25, 0.3) is 0 Å². The van der Waals surface area contributed by atoms with Gasteiger partial charge in [0.05, 0.1) is 19.2 Å². The van der Waals surface area contributed by atoms with Crippen molar-refractivity contribution in [1.82, 2.24) is 10.2 Å². The van der Waals surface area contributed by atoms with E-state index in [0.29, 0.717) is 13.1 Å². The van der Waals surface area contributed by atoms with E-state index in [4.69, 9.17) is 4.74 Å². The van der Waals surface area contributed by atoms with Crippen LogP contribution < -0.4 is 5.32 Å². The molecule has 0 fully saturated rings. The predicted octanol–water partition coefficient (Wildman–Crippen LogP) is 0.396. The first-order valence-electron chi connectivity index (χ1n) is 5.68. The van der Waals surface area contributed by atoms with E-state index in [1.165, 1.54) is 0 Å². The highest BCUT2D eigenvalue weighted by Crippen LogP contribution is 1.93. The molecule has 0 atom stereocenters. The van der Waals surface area contributed by atoms with Crippen molar-refractivity contribution in [2.75, 3.05) is 26.2 Å². The molecule has 0 aromatic carbocycles. The summed E-state index contributed by atoms with van der Waals surface area (Å²) in [4.78, 5) is 24.4. The highest BCUT2D eigenvalue weighted by molar-refractivity contribution is 5.79. The molecule has 0 aliphatic carbocycles. The molecule has 1 amide bonds. The summed E-state index contributed by atoms with van der Waals surface area (Å²) in [5.74, 6) is -0.358. The van der Waals surface area contributed by atoms with Gasteiger partial charge in [0, 0.05) is 6.54 Å². The van der Waals surface area contributed by atoms with Crippen LogP contribution in [-0.2, 0) is 14.3 Å². The lowest BCUT2D eigenvalue weighted by atomic mass is 10.4. The third kappa shape index (κ3) is 7.23. The van der Waals surface area contributed by atoms with E-state index in [-0.39, 0.29) is 31.1 Å². The van der Waals surface area contributed by atoms with Crippen LogP contribution in [0.4, 0.5) is 0 Å². The van der Waals surface area contributed by atoms with E-state index in [1.54, 1.807) is 18.7 Å². The molecule has 0 radical (unpaired) electrons. The van der Waals surface area contributed by atoms with Gasteiger partial charge in [-0.25, -0.2) is 0 Å². The third-order valence-corrected chi connectivity index (χ3v) is 1.91. The molecule has 5 nitrogen and oxygen atoms in total. The van der Waals surface area contributed by atoms with Gasteiger partial charge in [0.25, 0.3) is 0 Å². The number of ether oxygens (including phenoxy) is 1. The van der Waals surface area contributed by atoms with Gasteiger partial charge in [0.15, 0.2) is 0 Å². The Balaban J connectivity index is 3.99. The topological polar surface area (TPSA) is 58.6 Å². The summed E-state index contributed by atoms with van der Waals surface area (Å²) in [6.07, 6.45) is -0.115.